The van der Waals surface area contributed by atoms with Crippen LogP contribution in [-0.4, -0.2) is 82.3 Å². The third-order valence-corrected chi connectivity index (χ3v) is 9.52. The predicted molar refractivity (Wildman–Crippen MR) is 181 cm³/mol. The molecule has 4 aromatic rings. The van der Waals surface area contributed by atoms with E-state index in [2.05, 4.69) is 80.5 Å². The van der Waals surface area contributed by atoms with Gasteiger partial charge in [0.25, 0.3) is 5.91 Å². The molecule has 1 aliphatic carbocycles. The molecule has 0 radical (unpaired) electrons. The van der Waals surface area contributed by atoms with Crippen molar-refractivity contribution in [3.8, 4) is 22.3 Å². The summed E-state index contributed by atoms with van der Waals surface area (Å²) in [6.07, 6.45) is 5.28. The van der Waals surface area contributed by atoms with Gasteiger partial charge in [-0.2, -0.15) is 4.39 Å². The van der Waals surface area contributed by atoms with Crippen LogP contribution in [0.3, 0.4) is 0 Å². The van der Waals surface area contributed by atoms with Gasteiger partial charge in [-0.05, 0) is 66.6 Å². The molecule has 1 aliphatic heterocycles. The molecule has 9 nitrogen and oxygen atoms in total. The molecule has 1 unspecified atom stereocenters. The number of aromatic nitrogens is 2. The Bertz CT molecular complexity index is 1640. The number of hydrogen-bond acceptors (Lipinski definition) is 8. The van der Waals surface area contributed by atoms with Gasteiger partial charge in [0, 0.05) is 62.3 Å². The van der Waals surface area contributed by atoms with Crippen LogP contribution in [0.1, 0.15) is 53.7 Å². The predicted octanol–water partition coefficient (Wildman–Crippen LogP) is 5.07. The number of halogens is 1. The maximum atomic E-state index is 14.3. The SMILES string of the molecule is CC(c1ccc(-c2ccc(CO[C@H]3CCC[C@@H]3NC(=O)c3cc(-c4cccnc4F)cnc3N)cc2)cc1)N1CCN(CCO)CC1. The molecule has 6 rings (SSSR count). The third-order valence-electron chi connectivity index (χ3n) is 9.52. The fourth-order valence-corrected chi connectivity index (χ4v) is 6.62. The van der Waals surface area contributed by atoms with Crippen LogP contribution in [0.2, 0.25) is 0 Å². The van der Waals surface area contributed by atoms with Crippen molar-refractivity contribution in [2.24, 2.45) is 0 Å². The van der Waals surface area contributed by atoms with E-state index in [-0.39, 0.29) is 41.6 Å². The van der Waals surface area contributed by atoms with Crippen molar-refractivity contribution in [1.29, 1.82) is 0 Å². The summed E-state index contributed by atoms with van der Waals surface area (Å²) >= 11 is 0. The normalized spacial score (nSPS) is 19.5. The van der Waals surface area contributed by atoms with Crippen LogP contribution in [0, 0.1) is 5.95 Å². The van der Waals surface area contributed by atoms with E-state index >= 15 is 0 Å². The Morgan fingerprint density at radius 2 is 1.74 bits per heavy atom. The second-order valence-corrected chi connectivity index (χ2v) is 12.5. The van der Waals surface area contributed by atoms with Crippen LogP contribution in [0.25, 0.3) is 22.3 Å². The maximum absolute atomic E-state index is 14.3. The summed E-state index contributed by atoms with van der Waals surface area (Å²) in [5.74, 6) is -0.901. The standard InChI is InChI=1S/C37H43FN6O3/c1-25(44-18-16-43(17-19-44)20-21-45)27-11-13-29(14-12-27)28-9-7-26(8-10-28)24-47-34-6-2-5-33(34)42-37(46)32-22-30(23-41-36(32)39)31-4-3-15-40-35(31)38/h3-4,7-15,22-23,25,33-34,45H,2,5-6,16-21,24H2,1H3,(H2,39,41)(H,42,46)/t25?,33-,34-/m0/s1. The Morgan fingerprint density at radius 3 is 2.45 bits per heavy atom. The first-order chi connectivity index (χ1) is 22.9. The van der Waals surface area contributed by atoms with Crippen molar-refractivity contribution in [1.82, 2.24) is 25.1 Å². The number of nitrogens with one attached hydrogen (secondary N) is 1. The number of benzene rings is 2. The molecule has 2 fully saturated rings. The van der Waals surface area contributed by atoms with Gasteiger partial charge >= 0.3 is 0 Å². The number of nitrogen functional groups attached to an aromatic ring is 1. The lowest BCUT2D eigenvalue weighted by Gasteiger charge is -2.38. The van der Waals surface area contributed by atoms with Crippen LogP contribution in [0.15, 0.2) is 79.1 Å². The van der Waals surface area contributed by atoms with Gasteiger partial charge in [0.15, 0.2) is 0 Å². The van der Waals surface area contributed by atoms with Crippen molar-refractivity contribution in [3.63, 3.8) is 0 Å². The molecule has 0 bridgehead atoms. The number of anilines is 1. The third kappa shape index (κ3) is 7.85. The summed E-state index contributed by atoms with van der Waals surface area (Å²) in [4.78, 5) is 25.9. The molecule has 3 heterocycles. The number of β-amino-alcohol motifs (C(OH)–C–C–N with tert-alkyl or cyclic N) is 1. The average Bonchev–Trinajstić information content (AvgIpc) is 3.55. The topological polar surface area (TPSA) is 117 Å². The van der Waals surface area contributed by atoms with Crippen molar-refractivity contribution >= 4 is 11.7 Å². The van der Waals surface area contributed by atoms with Gasteiger partial charge in [0.05, 0.1) is 30.9 Å². The van der Waals surface area contributed by atoms with Crippen molar-refractivity contribution in [2.75, 3.05) is 45.1 Å². The number of carbonyl (C=O) groups excluding carboxylic acids is 1. The van der Waals surface area contributed by atoms with E-state index in [1.54, 1.807) is 18.2 Å². The Hall–Kier alpha value is -4.22. The van der Waals surface area contributed by atoms with Crippen LogP contribution >= 0.6 is 0 Å². The van der Waals surface area contributed by atoms with Crippen LogP contribution in [0.4, 0.5) is 10.2 Å². The lowest BCUT2D eigenvalue weighted by Crippen LogP contribution is -2.47. The first-order valence-electron chi connectivity index (χ1n) is 16.4. The lowest BCUT2D eigenvalue weighted by atomic mass is 9.99. The van der Waals surface area contributed by atoms with Crippen LogP contribution < -0.4 is 11.1 Å². The molecule has 47 heavy (non-hydrogen) atoms. The number of piperazine rings is 1. The lowest BCUT2D eigenvalue weighted by molar-refractivity contribution is 0.0272. The van der Waals surface area contributed by atoms with Gasteiger partial charge < -0.3 is 20.9 Å². The highest BCUT2D eigenvalue weighted by Crippen LogP contribution is 2.28. The first kappa shape index (κ1) is 32.7. The van der Waals surface area contributed by atoms with E-state index in [0.29, 0.717) is 18.2 Å². The average molecular weight is 639 g/mol. The van der Waals surface area contributed by atoms with Gasteiger partial charge in [-0.1, -0.05) is 48.5 Å². The zero-order valence-corrected chi connectivity index (χ0v) is 26.8. The van der Waals surface area contributed by atoms with Crippen molar-refractivity contribution in [3.05, 3.63) is 102 Å². The van der Waals surface area contributed by atoms with Crippen molar-refractivity contribution < 1.29 is 19.0 Å². The summed E-state index contributed by atoms with van der Waals surface area (Å²) in [5.41, 5.74) is 11.6. The Balaban J connectivity index is 1.02. The number of carbonyl (C=O) groups is 1. The number of nitrogens with zero attached hydrogens (tertiary/aromatic N) is 4. The molecule has 1 amide bonds. The summed E-state index contributed by atoms with van der Waals surface area (Å²) < 4.78 is 20.6. The fraction of sp³-hybridized carbons (Fsp3) is 0.378. The molecule has 4 N–H and O–H groups in total. The second-order valence-electron chi connectivity index (χ2n) is 12.5. The fourth-order valence-electron chi connectivity index (χ4n) is 6.62. The number of aliphatic hydroxyl groups excluding tert-OH is 1. The summed E-state index contributed by atoms with van der Waals surface area (Å²) in [6, 6.07) is 22.2. The van der Waals surface area contributed by atoms with E-state index in [4.69, 9.17) is 10.5 Å². The molecule has 1 saturated carbocycles. The van der Waals surface area contributed by atoms with Gasteiger partial charge in [-0.25, -0.2) is 9.97 Å². The van der Waals surface area contributed by atoms with Crippen LogP contribution in [0.5, 0.6) is 0 Å². The molecule has 0 spiro atoms. The Labute approximate surface area is 275 Å². The largest absolute Gasteiger partial charge is 0.395 e. The van der Waals surface area contributed by atoms with E-state index in [9.17, 15) is 14.3 Å². The molecule has 1 saturated heterocycles. The second kappa shape index (κ2) is 15.1. The molecule has 10 heteroatoms. The minimum Gasteiger partial charge on any atom is -0.395 e. The smallest absolute Gasteiger partial charge is 0.255 e. The van der Waals surface area contributed by atoms with E-state index in [0.717, 1.165) is 63.1 Å². The zero-order valence-electron chi connectivity index (χ0n) is 26.8. The number of rotatable bonds is 11. The molecule has 2 aromatic heterocycles. The number of amides is 1. The molecular weight excluding hydrogens is 595 g/mol. The first-order valence-corrected chi connectivity index (χ1v) is 16.4. The molecule has 2 aromatic carbocycles. The van der Waals surface area contributed by atoms with Gasteiger partial charge in [0.1, 0.15) is 5.82 Å². The Kier molecular flexibility index (Phi) is 10.5. The molecule has 2 aliphatic rings. The Morgan fingerprint density at radius 1 is 1.02 bits per heavy atom. The minimum atomic E-state index is -0.633. The summed E-state index contributed by atoms with van der Waals surface area (Å²) in [6.45, 7) is 7.69. The molecular formula is C37H43FN6O3. The van der Waals surface area contributed by atoms with E-state index < -0.39 is 5.95 Å². The van der Waals surface area contributed by atoms with Gasteiger partial charge in [0.2, 0.25) is 5.95 Å². The highest BCUT2D eigenvalue weighted by atomic mass is 19.1. The number of pyridine rings is 2. The quantitative estimate of drug-likeness (QED) is 0.195. The van der Waals surface area contributed by atoms with Crippen molar-refractivity contribution in [2.45, 2.75) is 51.0 Å². The monoisotopic (exact) mass is 638 g/mol. The summed E-state index contributed by atoms with van der Waals surface area (Å²) in [5, 5.41) is 12.3. The minimum absolute atomic E-state index is 0.0867. The van der Waals surface area contributed by atoms with Gasteiger partial charge in [-0.15, -0.1) is 0 Å². The number of nitrogens with two attached hydrogens (primary N) is 1. The maximum Gasteiger partial charge on any atom is 0.255 e. The highest BCUT2D eigenvalue weighted by Gasteiger charge is 2.30. The highest BCUT2D eigenvalue weighted by molar-refractivity contribution is 5.99. The summed E-state index contributed by atoms with van der Waals surface area (Å²) in [7, 11) is 0. The van der Waals surface area contributed by atoms with Gasteiger partial charge in [-0.3, -0.25) is 14.6 Å². The number of aliphatic hydroxyl groups is 1. The molecule has 246 valence electrons. The zero-order chi connectivity index (χ0) is 32.8. The number of ether oxygens (including phenoxy) is 1. The van der Waals surface area contributed by atoms with Crippen LogP contribution in [-0.2, 0) is 11.3 Å². The van der Waals surface area contributed by atoms with E-state index in [1.807, 2.05) is 0 Å². The number of hydrogen-bond donors (Lipinski definition) is 3. The van der Waals surface area contributed by atoms with E-state index in [1.165, 1.54) is 23.5 Å². The molecule has 3 atom stereocenters.